The largest absolute Gasteiger partial charge is 0.344 e. The first-order valence-corrected chi connectivity index (χ1v) is 7.81. The number of rotatable bonds is 5. The third-order valence-electron chi connectivity index (χ3n) is 3.74. The summed E-state index contributed by atoms with van der Waals surface area (Å²) in [7, 11) is 0. The van der Waals surface area contributed by atoms with Gasteiger partial charge in [-0.3, -0.25) is 9.59 Å². The van der Waals surface area contributed by atoms with E-state index in [0.29, 0.717) is 6.54 Å². The number of carbonyl (C=O) groups is 2. The molecule has 0 saturated heterocycles. The van der Waals surface area contributed by atoms with Gasteiger partial charge < -0.3 is 10.6 Å². The zero-order valence-electron chi connectivity index (χ0n) is 13.5. The van der Waals surface area contributed by atoms with Crippen LogP contribution in [0.3, 0.4) is 0 Å². The highest BCUT2D eigenvalue weighted by atomic mass is 16.2. The molecule has 0 aliphatic heterocycles. The Morgan fingerprint density at radius 3 is 2.13 bits per heavy atom. The molecule has 0 spiro atoms. The molecule has 2 aromatic rings. The Morgan fingerprint density at radius 2 is 1.52 bits per heavy atom. The molecular weight excluding hydrogens is 288 g/mol. The van der Waals surface area contributed by atoms with Crippen LogP contribution in [0.15, 0.2) is 54.6 Å². The summed E-state index contributed by atoms with van der Waals surface area (Å²) in [4.78, 5) is 23.8. The molecule has 4 nitrogen and oxygen atoms in total. The summed E-state index contributed by atoms with van der Waals surface area (Å²) in [5.41, 5.74) is 3.18. The predicted octanol–water partition coefficient (Wildman–Crippen LogP) is 2.74. The van der Waals surface area contributed by atoms with Crippen LogP contribution in [-0.4, -0.2) is 11.8 Å². The molecule has 0 unspecified atom stereocenters. The van der Waals surface area contributed by atoms with E-state index in [9.17, 15) is 9.59 Å². The van der Waals surface area contributed by atoms with Gasteiger partial charge in [0.15, 0.2) is 0 Å². The summed E-state index contributed by atoms with van der Waals surface area (Å²) >= 11 is 0. The Balaban J connectivity index is 1.83. The summed E-state index contributed by atoms with van der Waals surface area (Å²) in [5.74, 6) is -1.24. The van der Waals surface area contributed by atoms with Gasteiger partial charge in [0.05, 0.1) is 6.04 Å². The van der Waals surface area contributed by atoms with Crippen molar-refractivity contribution in [1.82, 2.24) is 10.6 Å². The van der Waals surface area contributed by atoms with E-state index in [1.807, 2.05) is 61.5 Å². The molecule has 0 saturated carbocycles. The predicted molar refractivity (Wildman–Crippen MR) is 90.7 cm³/mol. The molecule has 0 radical (unpaired) electrons. The van der Waals surface area contributed by atoms with Crippen LogP contribution in [0, 0.1) is 0 Å². The van der Waals surface area contributed by atoms with Gasteiger partial charge in [-0.25, -0.2) is 0 Å². The molecule has 2 amide bonds. The van der Waals surface area contributed by atoms with E-state index in [1.54, 1.807) is 0 Å². The molecule has 0 aromatic heterocycles. The fourth-order valence-electron chi connectivity index (χ4n) is 2.24. The van der Waals surface area contributed by atoms with Crippen molar-refractivity contribution in [3.05, 3.63) is 71.3 Å². The fourth-order valence-corrected chi connectivity index (χ4v) is 2.24. The van der Waals surface area contributed by atoms with Gasteiger partial charge in [-0.1, -0.05) is 61.5 Å². The van der Waals surface area contributed by atoms with Crippen molar-refractivity contribution in [2.75, 3.05) is 0 Å². The maximum absolute atomic E-state index is 11.9. The second-order valence-electron chi connectivity index (χ2n) is 5.46. The van der Waals surface area contributed by atoms with Gasteiger partial charge in [0.2, 0.25) is 0 Å². The summed E-state index contributed by atoms with van der Waals surface area (Å²) in [6, 6.07) is 17.3. The van der Waals surface area contributed by atoms with E-state index >= 15 is 0 Å². The standard InChI is InChI=1S/C19H22N2O2/c1-3-15-9-11-16(12-10-15)13-20-18(22)19(23)21-14(2)17-7-5-4-6-8-17/h4-12,14H,3,13H2,1-2H3,(H,20,22)(H,21,23)/t14-/m1/s1. The lowest BCUT2D eigenvalue weighted by Gasteiger charge is -2.14. The Labute approximate surface area is 136 Å². The molecule has 0 bridgehead atoms. The summed E-state index contributed by atoms with van der Waals surface area (Å²) in [6.45, 7) is 4.29. The van der Waals surface area contributed by atoms with Crippen LogP contribution in [0.4, 0.5) is 0 Å². The maximum Gasteiger partial charge on any atom is 0.309 e. The number of hydrogen-bond acceptors (Lipinski definition) is 2. The molecule has 0 fully saturated rings. The minimum absolute atomic E-state index is 0.210. The monoisotopic (exact) mass is 310 g/mol. The Bertz CT molecular complexity index is 651. The Hall–Kier alpha value is -2.62. The summed E-state index contributed by atoms with van der Waals surface area (Å²) in [5, 5.41) is 5.34. The third-order valence-corrected chi connectivity index (χ3v) is 3.74. The molecule has 1 atom stereocenters. The third kappa shape index (κ3) is 4.95. The molecule has 2 N–H and O–H groups in total. The van der Waals surface area contributed by atoms with Gasteiger partial charge in [-0.15, -0.1) is 0 Å². The Morgan fingerprint density at radius 1 is 0.913 bits per heavy atom. The van der Waals surface area contributed by atoms with Crippen molar-refractivity contribution in [3.63, 3.8) is 0 Å². The highest BCUT2D eigenvalue weighted by Gasteiger charge is 2.16. The second-order valence-corrected chi connectivity index (χ2v) is 5.46. The molecule has 0 heterocycles. The van der Waals surface area contributed by atoms with Crippen molar-refractivity contribution in [2.45, 2.75) is 32.9 Å². The maximum atomic E-state index is 11.9. The normalized spacial score (nSPS) is 11.6. The van der Waals surface area contributed by atoms with E-state index in [4.69, 9.17) is 0 Å². The highest BCUT2D eigenvalue weighted by Crippen LogP contribution is 2.10. The van der Waals surface area contributed by atoms with Crippen molar-refractivity contribution in [1.29, 1.82) is 0 Å². The number of amides is 2. The average Bonchev–Trinajstić information content (AvgIpc) is 2.60. The minimum atomic E-state index is -0.619. The molecule has 0 aliphatic rings. The highest BCUT2D eigenvalue weighted by molar-refractivity contribution is 6.35. The molecule has 2 aromatic carbocycles. The lowest BCUT2D eigenvalue weighted by atomic mass is 10.1. The second kappa shape index (κ2) is 8.13. The Kier molecular flexibility index (Phi) is 5.92. The van der Waals surface area contributed by atoms with Crippen LogP contribution in [0.25, 0.3) is 0 Å². The van der Waals surface area contributed by atoms with Crippen LogP contribution in [0.1, 0.15) is 36.6 Å². The van der Waals surface area contributed by atoms with E-state index < -0.39 is 11.8 Å². The number of benzene rings is 2. The van der Waals surface area contributed by atoms with E-state index in [0.717, 1.165) is 17.5 Å². The van der Waals surface area contributed by atoms with Gasteiger partial charge in [-0.05, 0) is 30.0 Å². The number of aryl methyl sites for hydroxylation is 1. The van der Waals surface area contributed by atoms with Crippen molar-refractivity contribution in [3.8, 4) is 0 Å². The van der Waals surface area contributed by atoms with Crippen molar-refractivity contribution < 1.29 is 9.59 Å². The number of nitrogens with one attached hydrogen (secondary N) is 2. The van der Waals surface area contributed by atoms with Gasteiger partial charge in [0.25, 0.3) is 0 Å². The van der Waals surface area contributed by atoms with Gasteiger partial charge in [-0.2, -0.15) is 0 Å². The van der Waals surface area contributed by atoms with Crippen molar-refractivity contribution in [2.24, 2.45) is 0 Å². The van der Waals surface area contributed by atoms with Crippen molar-refractivity contribution >= 4 is 11.8 Å². The lowest BCUT2D eigenvalue weighted by molar-refractivity contribution is -0.139. The molecule has 2 rings (SSSR count). The first-order chi connectivity index (χ1) is 11.1. The van der Waals surface area contributed by atoms with Gasteiger partial charge >= 0.3 is 11.8 Å². The summed E-state index contributed by atoms with van der Waals surface area (Å²) in [6.07, 6.45) is 0.979. The first-order valence-electron chi connectivity index (χ1n) is 7.81. The van der Waals surface area contributed by atoms with E-state index in [2.05, 4.69) is 17.6 Å². The number of carbonyl (C=O) groups excluding carboxylic acids is 2. The van der Waals surface area contributed by atoms with Crippen LogP contribution >= 0.6 is 0 Å². The van der Waals surface area contributed by atoms with Crippen LogP contribution in [0.5, 0.6) is 0 Å². The SMILES string of the molecule is CCc1ccc(CNC(=O)C(=O)N[C@H](C)c2ccccc2)cc1. The summed E-state index contributed by atoms with van der Waals surface area (Å²) < 4.78 is 0. The lowest BCUT2D eigenvalue weighted by Crippen LogP contribution is -2.40. The zero-order chi connectivity index (χ0) is 16.7. The smallest absolute Gasteiger partial charge is 0.309 e. The molecule has 23 heavy (non-hydrogen) atoms. The quantitative estimate of drug-likeness (QED) is 0.834. The van der Waals surface area contributed by atoms with Crippen LogP contribution < -0.4 is 10.6 Å². The minimum Gasteiger partial charge on any atom is -0.344 e. The van der Waals surface area contributed by atoms with Gasteiger partial charge in [0, 0.05) is 6.54 Å². The fraction of sp³-hybridized carbons (Fsp3) is 0.263. The first kappa shape index (κ1) is 16.7. The zero-order valence-corrected chi connectivity index (χ0v) is 13.5. The molecule has 0 aliphatic carbocycles. The van der Waals surface area contributed by atoms with Crippen LogP contribution in [-0.2, 0) is 22.6 Å². The van der Waals surface area contributed by atoms with E-state index in [-0.39, 0.29) is 6.04 Å². The average molecular weight is 310 g/mol. The van der Waals surface area contributed by atoms with Gasteiger partial charge in [0.1, 0.15) is 0 Å². The van der Waals surface area contributed by atoms with E-state index in [1.165, 1.54) is 5.56 Å². The molecular formula is C19H22N2O2. The number of hydrogen-bond donors (Lipinski definition) is 2. The molecule has 4 heteroatoms. The van der Waals surface area contributed by atoms with Crippen LogP contribution in [0.2, 0.25) is 0 Å². The molecule has 120 valence electrons. The topological polar surface area (TPSA) is 58.2 Å².